The molecule has 0 aliphatic rings. The smallest absolute Gasteiger partial charge is 0.257 e. The molecule has 0 atom stereocenters. The van der Waals surface area contributed by atoms with Crippen LogP contribution in [0.1, 0.15) is 35.0 Å². The molecule has 1 amide bonds. The van der Waals surface area contributed by atoms with Crippen LogP contribution in [0.4, 0.5) is 5.69 Å². The zero-order chi connectivity index (χ0) is 18.0. The lowest BCUT2D eigenvalue weighted by Crippen LogP contribution is -2.13. The van der Waals surface area contributed by atoms with Crippen molar-refractivity contribution in [1.29, 1.82) is 0 Å². The summed E-state index contributed by atoms with van der Waals surface area (Å²) >= 11 is 0. The van der Waals surface area contributed by atoms with Gasteiger partial charge in [-0.15, -0.1) is 0 Å². The first-order chi connectivity index (χ1) is 12.0. The molecule has 0 aliphatic carbocycles. The third-order valence-corrected chi connectivity index (χ3v) is 3.97. The van der Waals surface area contributed by atoms with E-state index in [4.69, 9.17) is 4.74 Å². The van der Waals surface area contributed by atoms with Crippen molar-refractivity contribution in [3.05, 3.63) is 47.3 Å². The van der Waals surface area contributed by atoms with Gasteiger partial charge in [0.15, 0.2) is 5.65 Å². The van der Waals surface area contributed by atoms with Gasteiger partial charge in [0.25, 0.3) is 5.91 Å². The first-order valence-corrected chi connectivity index (χ1v) is 8.33. The van der Waals surface area contributed by atoms with E-state index in [1.165, 1.54) is 0 Å². The van der Waals surface area contributed by atoms with Gasteiger partial charge in [-0.3, -0.25) is 9.48 Å². The average Bonchev–Trinajstić information content (AvgIpc) is 2.88. The molecule has 0 aliphatic heterocycles. The highest BCUT2D eigenvalue weighted by Crippen LogP contribution is 2.27. The summed E-state index contributed by atoms with van der Waals surface area (Å²) in [6, 6.07) is 7.55. The highest BCUT2D eigenvalue weighted by atomic mass is 16.5. The fourth-order valence-electron chi connectivity index (χ4n) is 2.69. The number of aryl methyl sites for hydroxylation is 3. The van der Waals surface area contributed by atoms with E-state index in [0.29, 0.717) is 23.6 Å². The summed E-state index contributed by atoms with van der Waals surface area (Å²) in [6.45, 7) is 6.55. The predicted octanol–water partition coefficient (Wildman–Crippen LogP) is 3.63. The number of nitrogens with zero attached hydrogens (tertiary/aromatic N) is 3. The lowest BCUT2D eigenvalue weighted by atomic mass is 10.1. The van der Waals surface area contributed by atoms with Crippen molar-refractivity contribution in [2.75, 3.05) is 11.9 Å². The third-order valence-electron chi connectivity index (χ3n) is 3.97. The highest BCUT2D eigenvalue weighted by Gasteiger charge is 2.14. The Morgan fingerprint density at radius 3 is 2.84 bits per heavy atom. The normalized spacial score (nSPS) is 10.9. The van der Waals surface area contributed by atoms with E-state index >= 15 is 0 Å². The van der Waals surface area contributed by atoms with Crippen LogP contribution in [-0.2, 0) is 7.05 Å². The molecule has 3 aromatic rings. The topological polar surface area (TPSA) is 69.0 Å². The van der Waals surface area contributed by atoms with Crippen LogP contribution in [0.2, 0.25) is 0 Å². The molecule has 0 bridgehead atoms. The molecule has 6 heteroatoms. The van der Waals surface area contributed by atoms with Crippen LogP contribution >= 0.6 is 0 Å². The van der Waals surface area contributed by atoms with Crippen molar-refractivity contribution < 1.29 is 9.53 Å². The second-order valence-corrected chi connectivity index (χ2v) is 6.11. The number of fused-ring (bicyclic) bond motifs is 1. The summed E-state index contributed by atoms with van der Waals surface area (Å²) in [6.07, 6.45) is 2.47. The van der Waals surface area contributed by atoms with Crippen molar-refractivity contribution in [2.24, 2.45) is 7.05 Å². The van der Waals surface area contributed by atoms with E-state index < -0.39 is 0 Å². The molecule has 0 saturated carbocycles. The molecule has 2 heterocycles. The Bertz CT molecular complexity index is 931. The van der Waals surface area contributed by atoms with Crippen molar-refractivity contribution in [3.63, 3.8) is 0 Å². The second-order valence-electron chi connectivity index (χ2n) is 6.11. The summed E-state index contributed by atoms with van der Waals surface area (Å²) in [5.41, 5.74) is 3.84. The number of pyridine rings is 1. The molecule has 25 heavy (non-hydrogen) atoms. The number of nitrogens with one attached hydrogen (secondary N) is 1. The quantitative estimate of drug-likeness (QED) is 0.771. The third kappa shape index (κ3) is 3.47. The summed E-state index contributed by atoms with van der Waals surface area (Å²) in [5, 5.41) is 8.13. The number of carbonyl (C=O) groups is 1. The molecule has 6 nitrogen and oxygen atoms in total. The maximum atomic E-state index is 12.7. The van der Waals surface area contributed by atoms with Crippen LogP contribution in [0.5, 0.6) is 5.75 Å². The first kappa shape index (κ1) is 17.0. The van der Waals surface area contributed by atoms with Gasteiger partial charge in [0.2, 0.25) is 0 Å². The first-order valence-electron chi connectivity index (χ1n) is 8.33. The van der Waals surface area contributed by atoms with Crippen LogP contribution in [-0.4, -0.2) is 27.3 Å². The van der Waals surface area contributed by atoms with E-state index in [-0.39, 0.29) is 5.91 Å². The van der Waals surface area contributed by atoms with Gasteiger partial charge < -0.3 is 10.1 Å². The summed E-state index contributed by atoms with van der Waals surface area (Å²) in [5.74, 6) is 0.463. The molecule has 0 radical (unpaired) electrons. The number of aromatic nitrogens is 3. The molecule has 0 unspecified atom stereocenters. The largest absolute Gasteiger partial charge is 0.491 e. The maximum Gasteiger partial charge on any atom is 0.257 e. The number of carbonyl (C=O) groups excluding carboxylic acids is 1. The zero-order valence-electron chi connectivity index (χ0n) is 15.0. The van der Waals surface area contributed by atoms with Crippen molar-refractivity contribution >= 4 is 22.6 Å². The van der Waals surface area contributed by atoms with E-state index in [9.17, 15) is 4.79 Å². The van der Waals surface area contributed by atoms with E-state index in [2.05, 4.69) is 15.4 Å². The number of amides is 1. The molecule has 130 valence electrons. The van der Waals surface area contributed by atoms with Gasteiger partial charge in [0, 0.05) is 18.6 Å². The monoisotopic (exact) mass is 338 g/mol. The number of ether oxygens (including phenoxy) is 1. The minimum absolute atomic E-state index is 0.220. The van der Waals surface area contributed by atoms with Gasteiger partial charge >= 0.3 is 0 Å². The van der Waals surface area contributed by atoms with Crippen LogP contribution in [0, 0.1) is 13.8 Å². The lowest BCUT2D eigenvalue weighted by molar-refractivity contribution is 0.102. The average molecular weight is 338 g/mol. The van der Waals surface area contributed by atoms with Gasteiger partial charge in [0.05, 0.1) is 23.6 Å². The van der Waals surface area contributed by atoms with Crippen LogP contribution in [0.15, 0.2) is 30.5 Å². The molecule has 2 aromatic heterocycles. The molecular formula is C19H22N4O2. The molecule has 0 saturated heterocycles. The standard InChI is InChI=1S/C19H22N4O2/c1-5-8-25-17-9-12(2)6-7-16(17)21-19(24)14-10-15-13(3)22-23(4)18(15)20-11-14/h6-7,9-11H,5,8H2,1-4H3,(H,21,24). The number of hydrogen-bond donors (Lipinski definition) is 1. The van der Waals surface area contributed by atoms with E-state index in [0.717, 1.165) is 28.7 Å². The van der Waals surface area contributed by atoms with E-state index in [1.807, 2.05) is 52.1 Å². The summed E-state index contributed by atoms with van der Waals surface area (Å²) < 4.78 is 7.46. The highest BCUT2D eigenvalue weighted by molar-refractivity contribution is 6.06. The fraction of sp³-hybridized carbons (Fsp3) is 0.316. The number of benzene rings is 1. The minimum atomic E-state index is -0.220. The molecule has 0 fully saturated rings. The number of rotatable bonds is 5. The zero-order valence-corrected chi connectivity index (χ0v) is 15.0. The van der Waals surface area contributed by atoms with Crippen LogP contribution in [0.25, 0.3) is 11.0 Å². The molecule has 1 aromatic carbocycles. The van der Waals surface area contributed by atoms with Gasteiger partial charge in [-0.1, -0.05) is 13.0 Å². The number of anilines is 1. The molecule has 1 N–H and O–H groups in total. The summed E-state index contributed by atoms with van der Waals surface area (Å²) in [4.78, 5) is 17.0. The van der Waals surface area contributed by atoms with Gasteiger partial charge in [-0.2, -0.15) is 5.10 Å². The Balaban J connectivity index is 1.88. The van der Waals surface area contributed by atoms with Crippen LogP contribution < -0.4 is 10.1 Å². The molecular weight excluding hydrogens is 316 g/mol. The second kappa shape index (κ2) is 6.93. The Hall–Kier alpha value is -2.89. The number of hydrogen-bond acceptors (Lipinski definition) is 4. The Kier molecular flexibility index (Phi) is 4.70. The lowest BCUT2D eigenvalue weighted by Gasteiger charge is -2.13. The SMILES string of the molecule is CCCOc1cc(C)ccc1NC(=O)c1cnc2c(c1)c(C)nn2C. The Labute approximate surface area is 146 Å². The van der Waals surface area contributed by atoms with Gasteiger partial charge in [0.1, 0.15) is 5.75 Å². The minimum Gasteiger partial charge on any atom is -0.491 e. The Morgan fingerprint density at radius 1 is 1.28 bits per heavy atom. The van der Waals surface area contributed by atoms with Gasteiger partial charge in [-0.05, 0) is 44.0 Å². The fourth-order valence-corrected chi connectivity index (χ4v) is 2.69. The maximum absolute atomic E-state index is 12.7. The van der Waals surface area contributed by atoms with Crippen molar-refractivity contribution in [2.45, 2.75) is 27.2 Å². The van der Waals surface area contributed by atoms with Crippen molar-refractivity contribution in [3.8, 4) is 5.75 Å². The van der Waals surface area contributed by atoms with Crippen molar-refractivity contribution in [1.82, 2.24) is 14.8 Å². The Morgan fingerprint density at radius 2 is 2.08 bits per heavy atom. The van der Waals surface area contributed by atoms with Crippen LogP contribution in [0.3, 0.4) is 0 Å². The van der Waals surface area contributed by atoms with Gasteiger partial charge in [-0.25, -0.2) is 4.98 Å². The van der Waals surface area contributed by atoms with E-state index in [1.54, 1.807) is 10.9 Å². The predicted molar refractivity (Wildman–Crippen MR) is 98.2 cm³/mol. The molecule has 3 rings (SSSR count). The summed E-state index contributed by atoms with van der Waals surface area (Å²) in [7, 11) is 1.84. The molecule has 0 spiro atoms.